The van der Waals surface area contributed by atoms with Crippen LogP contribution in [0.5, 0.6) is 0 Å². The first-order chi connectivity index (χ1) is 9.54. The van der Waals surface area contributed by atoms with E-state index in [1.165, 1.54) is 29.8 Å². The highest BCUT2D eigenvalue weighted by Crippen LogP contribution is 2.33. The molecular formula is C11H7N3O4S2. The molecule has 0 saturated carbocycles. The minimum absolute atomic E-state index is 0.0445. The van der Waals surface area contributed by atoms with Crippen LogP contribution in [0.15, 0.2) is 29.8 Å². The van der Waals surface area contributed by atoms with Crippen LogP contribution in [0.1, 0.15) is 16.1 Å². The summed E-state index contributed by atoms with van der Waals surface area (Å²) < 4.78 is 21.8. The Morgan fingerprint density at radius 3 is 2.55 bits per heavy atom. The summed E-state index contributed by atoms with van der Waals surface area (Å²) >= 11 is -1.53. The third-order valence-electron chi connectivity index (χ3n) is 2.32. The highest BCUT2D eigenvalue weighted by atomic mass is 32.2. The lowest BCUT2D eigenvalue weighted by molar-refractivity contribution is 0.0692. The SMILES string of the molecule is N#Cc1ccc(N(c2scnc2C(=O)O)S(=O)O)cc1. The lowest BCUT2D eigenvalue weighted by Crippen LogP contribution is -2.20. The van der Waals surface area contributed by atoms with E-state index in [0.717, 1.165) is 15.6 Å². The molecule has 0 aliphatic rings. The van der Waals surface area contributed by atoms with E-state index in [1.54, 1.807) is 0 Å². The van der Waals surface area contributed by atoms with Crippen molar-refractivity contribution in [1.29, 1.82) is 5.26 Å². The van der Waals surface area contributed by atoms with Crippen LogP contribution in [-0.2, 0) is 11.3 Å². The highest BCUT2D eigenvalue weighted by Gasteiger charge is 2.24. The Labute approximate surface area is 120 Å². The van der Waals surface area contributed by atoms with Crippen LogP contribution in [0, 0.1) is 11.3 Å². The average Bonchev–Trinajstić information content (AvgIpc) is 2.88. The minimum atomic E-state index is -2.46. The molecule has 1 unspecified atom stereocenters. The molecule has 2 aromatic rings. The Balaban J connectivity index is 2.51. The number of benzene rings is 1. The summed E-state index contributed by atoms with van der Waals surface area (Å²) in [6.45, 7) is 0. The van der Waals surface area contributed by atoms with Gasteiger partial charge in [-0.1, -0.05) is 0 Å². The first-order valence-corrected chi connectivity index (χ1v) is 7.07. The van der Waals surface area contributed by atoms with Crippen molar-refractivity contribution in [2.24, 2.45) is 0 Å². The summed E-state index contributed by atoms with van der Waals surface area (Å²) in [6, 6.07) is 7.78. The average molecular weight is 309 g/mol. The first-order valence-electron chi connectivity index (χ1n) is 5.12. The fraction of sp³-hybridized carbons (Fsp3) is 0. The van der Waals surface area contributed by atoms with Crippen molar-refractivity contribution in [3.05, 3.63) is 41.0 Å². The summed E-state index contributed by atoms with van der Waals surface area (Å²) in [7, 11) is 0. The number of hydrogen-bond donors (Lipinski definition) is 2. The maximum absolute atomic E-state index is 11.5. The molecule has 0 aliphatic heterocycles. The molecule has 0 saturated heterocycles. The molecule has 9 heteroatoms. The van der Waals surface area contributed by atoms with Crippen molar-refractivity contribution >= 4 is 39.3 Å². The number of carboxylic acid groups (broad SMARTS) is 1. The summed E-state index contributed by atoms with van der Waals surface area (Å²) in [5.41, 5.74) is 1.65. The molecule has 1 atom stereocenters. The zero-order valence-electron chi connectivity index (χ0n) is 9.76. The van der Waals surface area contributed by atoms with E-state index in [-0.39, 0.29) is 16.4 Å². The molecule has 1 aromatic heterocycles. The normalized spacial score (nSPS) is 11.6. The van der Waals surface area contributed by atoms with Crippen LogP contribution in [0.25, 0.3) is 0 Å². The molecule has 0 fully saturated rings. The van der Waals surface area contributed by atoms with E-state index in [0.29, 0.717) is 5.56 Å². The number of rotatable bonds is 4. The predicted octanol–water partition coefficient (Wildman–Crippen LogP) is 1.99. The number of nitrogens with zero attached hydrogens (tertiary/aromatic N) is 3. The van der Waals surface area contributed by atoms with Gasteiger partial charge in [-0.05, 0) is 24.3 Å². The molecule has 0 aliphatic carbocycles. The summed E-state index contributed by atoms with van der Waals surface area (Å²) in [5.74, 6) is -1.29. The van der Waals surface area contributed by atoms with Gasteiger partial charge in [0.25, 0.3) is 11.3 Å². The van der Waals surface area contributed by atoms with Gasteiger partial charge in [-0.2, -0.15) is 5.26 Å². The molecule has 7 nitrogen and oxygen atoms in total. The monoisotopic (exact) mass is 309 g/mol. The lowest BCUT2D eigenvalue weighted by Gasteiger charge is -2.18. The predicted molar refractivity (Wildman–Crippen MR) is 73.1 cm³/mol. The lowest BCUT2D eigenvalue weighted by atomic mass is 10.2. The van der Waals surface area contributed by atoms with Gasteiger partial charge in [0.1, 0.15) is 5.00 Å². The zero-order valence-corrected chi connectivity index (χ0v) is 11.4. The molecule has 102 valence electrons. The van der Waals surface area contributed by atoms with Crippen molar-refractivity contribution < 1.29 is 18.7 Å². The van der Waals surface area contributed by atoms with Crippen LogP contribution in [0.4, 0.5) is 10.7 Å². The van der Waals surface area contributed by atoms with Gasteiger partial charge in [0.15, 0.2) is 5.69 Å². The smallest absolute Gasteiger partial charge is 0.357 e. The Morgan fingerprint density at radius 2 is 2.05 bits per heavy atom. The first kappa shape index (κ1) is 14.1. The van der Waals surface area contributed by atoms with E-state index < -0.39 is 17.2 Å². The van der Waals surface area contributed by atoms with Gasteiger partial charge in [0, 0.05) is 0 Å². The van der Waals surface area contributed by atoms with E-state index >= 15 is 0 Å². The van der Waals surface area contributed by atoms with Crippen LogP contribution in [-0.4, -0.2) is 24.8 Å². The topological polar surface area (TPSA) is 115 Å². The number of carboxylic acids is 1. The van der Waals surface area contributed by atoms with Gasteiger partial charge < -0.3 is 5.11 Å². The molecule has 0 radical (unpaired) electrons. The standard InChI is InChI=1S/C11H7N3O4S2/c12-5-7-1-3-8(4-2-7)14(20(17)18)10-9(11(15)16)13-6-19-10/h1-4,6H,(H,15,16)(H,17,18). The molecule has 2 N–H and O–H groups in total. The molecule has 0 bridgehead atoms. The quantitative estimate of drug-likeness (QED) is 0.835. The van der Waals surface area contributed by atoms with Crippen molar-refractivity contribution in [3.63, 3.8) is 0 Å². The number of anilines is 2. The summed E-state index contributed by atoms with van der Waals surface area (Å²) in [5, 5.41) is 17.8. The number of hydrogen-bond acceptors (Lipinski definition) is 5. The largest absolute Gasteiger partial charge is 0.476 e. The molecular weight excluding hydrogens is 302 g/mol. The fourth-order valence-electron chi connectivity index (χ4n) is 1.48. The van der Waals surface area contributed by atoms with Crippen LogP contribution >= 0.6 is 11.3 Å². The van der Waals surface area contributed by atoms with Gasteiger partial charge in [-0.25, -0.2) is 18.3 Å². The van der Waals surface area contributed by atoms with Crippen molar-refractivity contribution in [1.82, 2.24) is 4.98 Å². The van der Waals surface area contributed by atoms with Crippen LogP contribution in [0.2, 0.25) is 0 Å². The van der Waals surface area contributed by atoms with Crippen molar-refractivity contribution in [2.45, 2.75) is 0 Å². The Hall–Kier alpha value is -2.28. The van der Waals surface area contributed by atoms with Crippen molar-refractivity contribution in [2.75, 3.05) is 4.31 Å². The molecule has 20 heavy (non-hydrogen) atoms. The van der Waals surface area contributed by atoms with E-state index in [4.69, 9.17) is 10.4 Å². The Bertz CT molecular complexity index is 705. The molecule has 2 rings (SSSR count). The number of nitriles is 1. The molecule has 0 amide bonds. The maximum atomic E-state index is 11.5. The number of aromatic carboxylic acids is 1. The van der Waals surface area contributed by atoms with E-state index in [2.05, 4.69) is 4.98 Å². The van der Waals surface area contributed by atoms with Gasteiger partial charge in [-0.15, -0.1) is 11.3 Å². The second-order valence-electron chi connectivity index (χ2n) is 3.50. The zero-order chi connectivity index (χ0) is 14.7. The maximum Gasteiger partial charge on any atom is 0.357 e. The van der Waals surface area contributed by atoms with E-state index in [1.807, 2.05) is 6.07 Å². The molecule has 0 spiro atoms. The molecule has 1 heterocycles. The van der Waals surface area contributed by atoms with Gasteiger partial charge in [-0.3, -0.25) is 4.55 Å². The highest BCUT2D eigenvalue weighted by molar-refractivity contribution is 7.81. The van der Waals surface area contributed by atoms with Gasteiger partial charge in [0.05, 0.1) is 22.8 Å². The Kier molecular flexibility index (Phi) is 4.09. The summed E-state index contributed by atoms with van der Waals surface area (Å²) in [6.07, 6.45) is 0. The second kappa shape index (κ2) is 5.79. The number of aromatic nitrogens is 1. The molecule has 1 aromatic carbocycles. The van der Waals surface area contributed by atoms with Gasteiger partial charge in [0.2, 0.25) is 0 Å². The van der Waals surface area contributed by atoms with Crippen molar-refractivity contribution in [3.8, 4) is 6.07 Å². The van der Waals surface area contributed by atoms with Crippen LogP contribution < -0.4 is 4.31 Å². The fourth-order valence-corrected chi connectivity index (χ4v) is 3.04. The third kappa shape index (κ3) is 2.67. The second-order valence-corrected chi connectivity index (χ2v) is 5.15. The van der Waals surface area contributed by atoms with Gasteiger partial charge >= 0.3 is 5.97 Å². The number of carbonyl (C=O) groups is 1. The van der Waals surface area contributed by atoms with Crippen LogP contribution in [0.3, 0.4) is 0 Å². The minimum Gasteiger partial charge on any atom is -0.476 e. The summed E-state index contributed by atoms with van der Waals surface area (Å²) in [4.78, 5) is 14.7. The van der Waals surface area contributed by atoms with E-state index in [9.17, 15) is 13.6 Å². The Morgan fingerprint density at radius 1 is 1.40 bits per heavy atom. The number of thiazole rings is 1. The third-order valence-corrected chi connectivity index (χ3v) is 3.95.